The van der Waals surface area contributed by atoms with Gasteiger partial charge < -0.3 is 5.73 Å². The van der Waals surface area contributed by atoms with Crippen molar-refractivity contribution in [2.24, 2.45) is 0 Å². The molecule has 0 fully saturated rings. The second-order valence-electron chi connectivity index (χ2n) is 6.60. The highest BCUT2D eigenvalue weighted by Crippen LogP contribution is 2.24. The molecule has 4 aromatic rings. The minimum atomic E-state index is -0.340. The van der Waals surface area contributed by atoms with E-state index in [0.717, 1.165) is 11.1 Å². The van der Waals surface area contributed by atoms with Crippen LogP contribution in [-0.4, -0.2) is 25.8 Å². The lowest BCUT2D eigenvalue weighted by Crippen LogP contribution is -2.17. The minimum Gasteiger partial charge on any atom is -0.369 e. The third-order valence-electron chi connectivity index (χ3n) is 4.13. The molecular weight excluding hydrogens is 556 g/mol. The summed E-state index contributed by atoms with van der Waals surface area (Å²) in [6.45, 7) is 1.35. The number of nitrogen functional groups attached to an aromatic ring is 1. The fourth-order valence-electron chi connectivity index (χ4n) is 2.74. The van der Waals surface area contributed by atoms with Crippen LogP contribution in [0.15, 0.2) is 79.2 Å². The lowest BCUT2D eigenvalue weighted by Gasteiger charge is -2.06. The maximum atomic E-state index is 11.7. The van der Waals surface area contributed by atoms with Gasteiger partial charge in [-0.2, -0.15) is 0 Å². The molecule has 0 radical (unpaired) electrons. The van der Waals surface area contributed by atoms with Crippen LogP contribution in [0.2, 0.25) is 0 Å². The van der Waals surface area contributed by atoms with E-state index in [9.17, 15) is 14.4 Å². The van der Waals surface area contributed by atoms with Gasteiger partial charge in [0.15, 0.2) is 0 Å². The van der Waals surface area contributed by atoms with Gasteiger partial charge in [0.2, 0.25) is 17.8 Å². The molecular formula is C22H18Br2N6O3. The van der Waals surface area contributed by atoms with Crippen molar-refractivity contribution in [2.45, 2.75) is 6.92 Å². The van der Waals surface area contributed by atoms with Crippen molar-refractivity contribution in [2.75, 3.05) is 11.1 Å². The maximum absolute atomic E-state index is 11.7. The highest BCUT2D eigenvalue weighted by atomic mass is 79.9. The molecule has 0 aliphatic carbocycles. The molecule has 5 N–H and O–H groups in total. The van der Waals surface area contributed by atoms with Crippen molar-refractivity contribution < 1.29 is 4.79 Å². The molecule has 0 unspecified atom stereocenters. The van der Waals surface area contributed by atoms with E-state index < -0.39 is 0 Å². The molecule has 0 atom stereocenters. The SMILES string of the molecule is CC(=O)Nc1nc(-c2ccccc2)c(Br)c(=O)[nH]1.Nc1nc(-c2ccccc2)c(Br)c(=O)[nH]1. The standard InChI is InChI=1S/C12H10BrN3O2.C10H8BrN3O/c1-7(17)14-12-15-10(9(13)11(18)16-12)8-5-3-2-4-6-8;11-7-8(6-4-2-1-3-5-6)13-10(12)14-9(7)15/h2-6H,1H3,(H2,14,15,16,17,18);1-5H,(H3,12,13,14,15). The van der Waals surface area contributed by atoms with Gasteiger partial charge in [0.1, 0.15) is 8.95 Å². The molecule has 0 aliphatic heterocycles. The van der Waals surface area contributed by atoms with Crippen LogP contribution < -0.4 is 22.2 Å². The number of amides is 1. The number of rotatable bonds is 3. The van der Waals surface area contributed by atoms with Crippen LogP contribution in [0.4, 0.5) is 11.9 Å². The van der Waals surface area contributed by atoms with Gasteiger partial charge in [-0.25, -0.2) is 9.97 Å². The first-order valence-corrected chi connectivity index (χ1v) is 11.1. The summed E-state index contributed by atoms with van der Waals surface area (Å²) in [7, 11) is 0. The number of carbonyl (C=O) groups is 1. The Morgan fingerprint density at radius 2 is 1.27 bits per heavy atom. The number of hydrogen-bond acceptors (Lipinski definition) is 6. The summed E-state index contributed by atoms with van der Waals surface area (Å²) >= 11 is 6.39. The zero-order chi connectivity index (χ0) is 24.0. The van der Waals surface area contributed by atoms with Gasteiger partial charge in [-0.05, 0) is 31.9 Å². The third kappa shape index (κ3) is 6.24. The number of anilines is 2. The van der Waals surface area contributed by atoms with Gasteiger partial charge >= 0.3 is 0 Å². The minimum absolute atomic E-state index is 0.113. The Kier molecular flexibility index (Phi) is 7.91. The Morgan fingerprint density at radius 3 is 1.76 bits per heavy atom. The molecule has 33 heavy (non-hydrogen) atoms. The van der Waals surface area contributed by atoms with Gasteiger partial charge in [0.05, 0.1) is 11.4 Å². The van der Waals surface area contributed by atoms with Crippen LogP contribution in [0.3, 0.4) is 0 Å². The molecule has 0 bridgehead atoms. The zero-order valence-electron chi connectivity index (χ0n) is 17.2. The average molecular weight is 574 g/mol. The van der Waals surface area contributed by atoms with Gasteiger partial charge in [-0.1, -0.05) is 60.7 Å². The second-order valence-corrected chi connectivity index (χ2v) is 8.19. The first-order valence-electron chi connectivity index (χ1n) is 9.49. The molecule has 0 saturated carbocycles. The van der Waals surface area contributed by atoms with Crippen LogP contribution in [0.1, 0.15) is 6.92 Å². The van der Waals surface area contributed by atoms with Crippen LogP contribution in [0.25, 0.3) is 22.5 Å². The van der Waals surface area contributed by atoms with Crippen LogP contribution in [-0.2, 0) is 4.79 Å². The van der Waals surface area contributed by atoms with Crippen LogP contribution in [0.5, 0.6) is 0 Å². The summed E-state index contributed by atoms with van der Waals surface area (Å²) in [5, 5.41) is 2.46. The van der Waals surface area contributed by atoms with Crippen molar-refractivity contribution >= 4 is 49.7 Å². The summed E-state index contributed by atoms with van der Waals surface area (Å²) in [5.41, 5.74) is 7.55. The van der Waals surface area contributed by atoms with E-state index in [0.29, 0.717) is 20.3 Å². The van der Waals surface area contributed by atoms with Gasteiger partial charge in [0.25, 0.3) is 11.1 Å². The number of benzene rings is 2. The predicted octanol–water partition coefficient (Wildman–Crippen LogP) is 3.94. The quantitative estimate of drug-likeness (QED) is 0.292. The summed E-state index contributed by atoms with van der Waals surface area (Å²) in [5.74, 6) is -0.0453. The van der Waals surface area contributed by atoms with E-state index >= 15 is 0 Å². The summed E-state index contributed by atoms with van der Waals surface area (Å²) in [6, 6.07) is 18.6. The monoisotopic (exact) mass is 572 g/mol. The molecule has 2 aromatic carbocycles. The number of aromatic nitrogens is 4. The average Bonchev–Trinajstić information content (AvgIpc) is 2.80. The third-order valence-corrected chi connectivity index (χ3v) is 5.60. The van der Waals surface area contributed by atoms with E-state index in [4.69, 9.17) is 5.73 Å². The Hall–Kier alpha value is -3.57. The first kappa shape index (κ1) is 24.1. The van der Waals surface area contributed by atoms with Gasteiger partial charge in [0, 0.05) is 18.1 Å². The van der Waals surface area contributed by atoms with Crippen LogP contribution >= 0.6 is 31.9 Å². The summed E-state index contributed by atoms with van der Waals surface area (Å²) in [6.07, 6.45) is 0. The number of nitrogens with two attached hydrogens (primary N) is 1. The summed E-state index contributed by atoms with van der Waals surface area (Å²) < 4.78 is 0.728. The lowest BCUT2D eigenvalue weighted by atomic mass is 10.1. The van der Waals surface area contributed by atoms with E-state index in [1.165, 1.54) is 6.92 Å². The smallest absolute Gasteiger partial charge is 0.267 e. The topological polar surface area (TPSA) is 147 Å². The lowest BCUT2D eigenvalue weighted by molar-refractivity contribution is -0.114. The van der Waals surface area contributed by atoms with Crippen molar-refractivity contribution in [1.29, 1.82) is 0 Å². The van der Waals surface area contributed by atoms with E-state index in [2.05, 4.69) is 57.1 Å². The molecule has 1 amide bonds. The molecule has 2 heterocycles. The van der Waals surface area contributed by atoms with Gasteiger partial charge in [-0.15, -0.1) is 0 Å². The number of carbonyl (C=O) groups excluding carboxylic acids is 1. The molecule has 11 heteroatoms. The predicted molar refractivity (Wildman–Crippen MR) is 135 cm³/mol. The molecule has 4 rings (SSSR count). The van der Waals surface area contributed by atoms with Crippen molar-refractivity contribution in [1.82, 2.24) is 19.9 Å². The Bertz CT molecular complexity index is 1390. The van der Waals surface area contributed by atoms with Crippen LogP contribution in [0, 0.1) is 0 Å². The van der Waals surface area contributed by atoms with Crippen molar-refractivity contribution in [3.05, 3.63) is 90.3 Å². The zero-order valence-corrected chi connectivity index (χ0v) is 20.4. The fourth-order valence-corrected chi connectivity index (χ4v) is 3.57. The Labute approximate surface area is 204 Å². The second kappa shape index (κ2) is 10.8. The largest absolute Gasteiger partial charge is 0.369 e. The first-order chi connectivity index (χ1) is 15.8. The Morgan fingerprint density at radius 1 is 0.818 bits per heavy atom. The molecule has 0 aliphatic rings. The maximum Gasteiger partial charge on any atom is 0.267 e. The number of nitrogens with zero attached hydrogens (tertiary/aromatic N) is 2. The summed E-state index contributed by atoms with van der Waals surface area (Å²) in [4.78, 5) is 47.3. The normalized spacial score (nSPS) is 10.2. The number of hydrogen-bond donors (Lipinski definition) is 4. The molecule has 2 aromatic heterocycles. The number of aromatic amines is 2. The van der Waals surface area contributed by atoms with Gasteiger partial charge in [-0.3, -0.25) is 29.7 Å². The molecule has 9 nitrogen and oxygen atoms in total. The fraction of sp³-hybridized carbons (Fsp3) is 0.0455. The number of halogens is 2. The van der Waals surface area contributed by atoms with E-state index in [1.54, 1.807) is 0 Å². The van der Waals surface area contributed by atoms with E-state index in [-0.39, 0.29) is 28.9 Å². The van der Waals surface area contributed by atoms with E-state index in [1.807, 2.05) is 60.7 Å². The Balaban J connectivity index is 0.000000189. The number of nitrogens with one attached hydrogen (secondary N) is 3. The van der Waals surface area contributed by atoms with Crippen molar-refractivity contribution in [3.8, 4) is 22.5 Å². The molecule has 0 spiro atoms. The van der Waals surface area contributed by atoms with Crippen molar-refractivity contribution in [3.63, 3.8) is 0 Å². The molecule has 168 valence electrons. The number of H-pyrrole nitrogens is 2. The molecule has 0 saturated heterocycles. The highest BCUT2D eigenvalue weighted by molar-refractivity contribution is 9.10. The highest BCUT2D eigenvalue weighted by Gasteiger charge is 2.11.